The third kappa shape index (κ3) is 3.38. The molecule has 2 heterocycles. The van der Waals surface area contributed by atoms with Crippen molar-refractivity contribution >= 4 is 17.5 Å². The fourth-order valence-corrected chi connectivity index (χ4v) is 2.91. The highest BCUT2D eigenvalue weighted by atomic mass is 35.5. The van der Waals surface area contributed by atoms with E-state index in [0.717, 1.165) is 19.4 Å². The van der Waals surface area contributed by atoms with Crippen molar-refractivity contribution < 1.29 is 9.53 Å². The summed E-state index contributed by atoms with van der Waals surface area (Å²) in [6.07, 6.45) is 2.05. The summed E-state index contributed by atoms with van der Waals surface area (Å²) in [7, 11) is 0. The van der Waals surface area contributed by atoms with Crippen LogP contribution in [0, 0.1) is 6.92 Å². The van der Waals surface area contributed by atoms with Gasteiger partial charge in [0.05, 0.1) is 22.9 Å². The Bertz CT molecular complexity index is 710. The Morgan fingerprint density at radius 1 is 1.48 bits per heavy atom. The minimum atomic E-state index is -0.304. The molecule has 1 saturated heterocycles. The lowest BCUT2D eigenvalue weighted by molar-refractivity contribution is 0.0706. The van der Waals surface area contributed by atoms with Crippen molar-refractivity contribution in [2.45, 2.75) is 38.8 Å². The molecule has 0 radical (unpaired) electrons. The fraction of sp³-hybridized carbons (Fsp3) is 0.438. The molecule has 1 fully saturated rings. The molecule has 1 N–H and O–H groups in total. The van der Waals surface area contributed by atoms with Crippen LogP contribution in [-0.4, -0.2) is 39.4 Å². The molecule has 0 unspecified atom stereocenters. The first kappa shape index (κ1) is 16.0. The molecular formula is C16H19ClN4O2. The summed E-state index contributed by atoms with van der Waals surface area (Å²) in [6, 6.07) is 7.24. The Balaban J connectivity index is 1.77. The molecule has 1 aliphatic rings. The van der Waals surface area contributed by atoms with E-state index in [4.69, 9.17) is 16.3 Å². The van der Waals surface area contributed by atoms with E-state index in [-0.39, 0.29) is 23.9 Å². The van der Waals surface area contributed by atoms with Crippen LogP contribution >= 0.6 is 11.6 Å². The minimum Gasteiger partial charge on any atom is -0.376 e. The summed E-state index contributed by atoms with van der Waals surface area (Å²) in [4.78, 5) is 16.6. The molecule has 23 heavy (non-hydrogen) atoms. The predicted octanol–water partition coefficient (Wildman–Crippen LogP) is 2.53. The van der Waals surface area contributed by atoms with Gasteiger partial charge in [-0.15, -0.1) is 5.10 Å². The number of nitrogens with one attached hydrogen (secondary N) is 1. The SMILES string of the molecule is Cc1nc(C(=O)N[C@@H](C)[C@H]2CCCO2)nn1-c1ccccc1Cl. The summed E-state index contributed by atoms with van der Waals surface area (Å²) in [6.45, 7) is 4.48. The number of ether oxygens (including phenoxy) is 1. The minimum absolute atomic E-state index is 0.0608. The van der Waals surface area contributed by atoms with Gasteiger partial charge < -0.3 is 10.1 Å². The van der Waals surface area contributed by atoms with E-state index in [1.165, 1.54) is 0 Å². The molecule has 122 valence electrons. The standard InChI is InChI=1S/C16H19ClN4O2/c1-10(14-8-5-9-23-14)18-16(22)15-19-11(2)21(20-15)13-7-4-3-6-12(13)17/h3-4,6-7,10,14H,5,8-9H2,1-2H3,(H,18,22)/t10-,14+/m0/s1. The van der Waals surface area contributed by atoms with Crippen molar-refractivity contribution in [3.8, 4) is 5.69 Å². The molecular weight excluding hydrogens is 316 g/mol. The zero-order chi connectivity index (χ0) is 16.4. The van der Waals surface area contributed by atoms with Crippen molar-refractivity contribution in [2.75, 3.05) is 6.61 Å². The molecule has 0 bridgehead atoms. The van der Waals surface area contributed by atoms with Crippen molar-refractivity contribution in [2.24, 2.45) is 0 Å². The van der Waals surface area contributed by atoms with Crippen LogP contribution in [0.5, 0.6) is 0 Å². The normalized spacial score (nSPS) is 18.8. The maximum absolute atomic E-state index is 12.4. The number of hydrogen-bond acceptors (Lipinski definition) is 4. The molecule has 2 aromatic rings. The first-order valence-electron chi connectivity index (χ1n) is 7.67. The second-order valence-corrected chi connectivity index (χ2v) is 6.07. The van der Waals surface area contributed by atoms with Crippen molar-refractivity contribution in [3.05, 3.63) is 40.9 Å². The number of aromatic nitrogens is 3. The Morgan fingerprint density at radius 2 is 2.26 bits per heavy atom. The van der Waals surface area contributed by atoms with Gasteiger partial charge in [0, 0.05) is 6.61 Å². The number of nitrogens with zero attached hydrogens (tertiary/aromatic N) is 3. The van der Waals surface area contributed by atoms with Crippen LogP contribution in [0.4, 0.5) is 0 Å². The Morgan fingerprint density at radius 3 is 2.96 bits per heavy atom. The topological polar surface area (TPSA) is 69.0 Å². The lowest BCUT2D eigenvalue weighted by Crippen LogP contribution is -2.41. The summed E-state index contributed by atoms with van der Waals surface area (Å²) >= 11 is 6.18. The number of carbonyl (C=O) groups is 1. The monoisotopic (exact) mass is 334 g/mol. The van der Waals surface area contributed by atoms with E-state index in [2.05, 4.69) is 15.4 Å². The average molecular weight is 335 g/mol. The van der Waals surface area contributed by atoms with Gasteiger partial charge >= 0.3 is 0 Å². The summed E-state index contributed by atoms with van der Waals surface area (Å²) in [5.41, 5.74) is 0.699. The number of para-hydroxylation sites is 1. The van der Waals surface area contributed by atoms with E-state index in [1.54, 1.807) is 17.7 Å². The molecule has 2 atom stereocenters. The highest BCUT2D eigenvalue weighted by molar-refractivity contribution is 6.32. The quantitative estimate of drug-likeness (QED) is 0.932. The lowest BCUT2D eigenvalue weighted by Gasteiger charge is -2.18. The average Bonchev–Trinajstić information content (AvgIpc) is 3.17. The van der Waals surface area contributed by atoms with Crippen molar-refractivity contribution in [1.29, 1.82) is 0 Å². The number of rotatable bonds is 4. The molecule has 1 aromatic carbocycles. The zero-order valence-electron chi connectivity index (χ0n) is 13.1. The molecule has 1 amide bonds. The molecule has 1 aromatic heterocycles. The third-order valence-electron chi connectivity index (χ3n) is 3.93. The van der Waals surface area contributed by atoms with Gasteiger partial charge in [-0.25, -0.2) is 9.67 Å². The van der Waals surface area contributed by atoms with E-state index < -0.39 is 0 Å². The number of hydrogen-bond donors (Lipinski definition) is 1. The van der Waals surface area contributed by atoms with Crippen LogP contribution in [0.25, 0.3) is 5.69 Å². The Labute approximate surface area is 139 Å². The number of amides is 1. The smallest absolute Gasteiger partial charge is 0.291 e. The van der Waals surface area contributed by atoms with Gasteiger partial charge in [0.1, 0.15) is 5.82 Å². The molecule has 7 heteroatoms. The first-order valence-corrected chi connectivity index (χ1v) is 8.05. The second kappa shape index (κ2) is 6.68. The predicted molar refractivity (Wildman–Crippen MR) is 87.0 cm³/mol. The number of halogens is 1. The van der Waals surface area contributed by atoms with Crippen LogP contribution in [0.2, 0.25) is 5.02 Å². The summed E-state index contributed by atoms with van der Waals surface area (Å²) < 4.78 is 7.16. The van der Waals surface area contributed by atoms with Gasteiger partial charge in [-0.1, -0.05) is 23.7 Å². The molecule has 3 rings (SSSR count). The zero-order valence-corrected chi connectivity index (χ0v) is 13.9. The van der Waals surface area contributed by atoms with Crippen LogP contribution in [0.1, 0.15) is 36.2 Å². The van der Waals surface area contributed by atoms with E-state index in [1.807, 2.05) is 25.1 Å². The number of benzene rings is 1. The second-order valence-electron chi connectivity index (χ2n) is 5.66. The van der Waals surface area contributed by atoms with Gasteiger partial charge in [0.15, 0.2) is 0 Å². The van der Waals surface area contributed by atoms with E-state index >= 15 is 0 Å². The van der Waals surface area contributed by atoms with Gasteiger partial charge in [0.2, 0.25) is 5.82 Å². The van der Waals surface area contributed by atoms with Crippen LogP contribution < -0.4 is 5.32 Å². The van der Waals surface area contributed by atoms with Crippen LogP contribution in [0.3, 0.4) is 0 Å². The Kier molecular flexibility index (Phi) is 4.63. The molecule has 0 saturated carbocycles. The van der Waals surface area contributed by atoms with Gasteiger partial charge in [-0.2, -0.15) is 0 Å². The van der Waals surface area contributed by atoms with Gasteiger partial charge in [-0.05, 0) is 38.8 Å². The fourth-order valence-electron chi connectivity index (χ4n) is 2.70. The molecule has 6 nitrogen and oxygen atoms in total. The summed E-state index contributed by atoms with van der Waals surface area (Å²) in [5, 5.41) is 7.75. The highest BCUT2D eigenvalue weighted by Gasteiger charge is 2.25. The number of aryl methyl sites for hydroxylation is 1. The molecule has 1 aliphatic heterocycles. The van der Waals surface area contributed by atoms with Gasteiger partial charge in [-0.3, -0.25) is 4.79 Å². The van der Waals surface area contributed by atoms with E-state index in [0.29, 0.717) is 16.5 Å². The molecule has 0 spiro atoms. The lowest BCUT2D eigenvalue weighted by atomic mass is 10.1. The van der Waals surface area contributed by atoms with Crippen molar-refractivity contribution in [1.82, 2.24) is 20.1 Å². The number of carbonyl (C=O) groups excluding carboxylic acids is 1. The first-order chi connectivity index (χ1) is 11.1. The van der Waals surface area contributed by atoms with E-state index in [9.17, 15) is 4.79 Å². The maximum Gasteiger partial charge on any atom is 0.291 e. The molecule has 0 aliphatic carbocycles. The third-order valence-corrected chi connectivity index (χ3v) is 4.25. The van der Waals surface area contributed by atoms with Gasteiger partial charge in [0.25, 0.3) is 5.91 Å². The maximum atomic E-state index is 12.4. The van der Waals surface area contributed by atoms with Crippen LogP contribution in [0.15, 0.2) is 24.3 Å². The van der Waals surface area contributed by atoms with Crippen LogP contribution in [-0.2, 0) is 4.74 Å². The largest absolute Gasteiger partial charge is 0.376 e. The highest BCUT2D eigenvalue weighted by Crippen LogP contribution is 2.20. The van der Waals surface area contributed by atoms with Crippen molar-refractivity contribution in [3.63, 3.8) is 0 Å². The summed E-state index contributed by atoms with van der Waals surface area (Å²) in [5.74, 6) is 0.433. The Hall–Kier alpha value is -1.92.